The number of aromatic hydroxyl groups is 1. The number of nitrogens with two attached hydrogens (primary N) is 10. The molecular weight excluding hydrogens is 981 g/mol. The van der Waals surface area contributed by atoms with Gasteiger partial charge in [-0.15, -0.1) is 0 Å². The molecule has 2 aromatic carbocycles. The van der Waals surface area contributed by atoms with Crippen molar-refractivity contribution in [2.45, 2.75) is 101 Å². The molecule has 0 spiro atoms. The van der Waals surface area contributed by atoms with Gasteiger partial charge in [0.05, 0.1) is 19.5 Å². The summed E-state index contributed by atoms with van der Waals surface area (Å²) in [6, 6.07) is 10.1. The molecule has 31 heteroatoms. The van der Waals surface area contributed by atoms with Crippen molar-refractivity contribution in [1.82, 2.24) is 0 Å². The zero-order valence-corrected chi connectivity index (χ0v) is 40.0. The average Bonchev–Trinajstić information content (AvgIpc) is 3.29. The Balaban J connectivity index is -0.000000179. The van der Waals surface area contributed by atoms with Gasteiger partial charge >= 0.3 is 53.7 Å². The Kier molecular flexibility index (Phi) is 48.7. The number of carboxylic acids is 9. The standard InChI is InChI=1S/C9H11NO3.C9H11NO2.C6H13NO2.C5H10N2O3.C5H9NO4.C4H8N2O3.2C2H5NO2/c10-8(9(12)13)5-6-1-3-7(11)4-2-6;10-8(9(11)12)6-7-4-2-1-3-5-7;1-4(2)3-5(7)6(8)9;2*6-3(5(9)10)1-2-4(7)8;5-2(4(8)9)1-3(6)7;2*3-1-2(4)5/h1-4,8,11H,5,10H2,(H,12,13);1-5,8H,6,10H2,(H,11,12);4-5H,3,7H2,1-2H3,(H,8,9);3H,1-2,6H2,(H2,7,8)(H,9,10);3H,1-2,6H2,(H,7,8)(H,9,10);2H,1,5H2,(H2,6,7)(H,8,9);2*1,3H2,(H,4,5)/t2*8-;5-;2*3-;2-;;/m000000../s1. The Morgan fingerprint density at radius 3 is 0.973 bits per heavy atom. The van der Waals surface area contributed by atoms with E-state index in [4.69, 9.17) is 91.2 Å². The number of benzene rings is 2. The van der Waals surface area contributed by atoms with Crippen molar-refractivity contribution in [3.05, 3.63) is 65.7 Å². The Labute approximate surface area is 418 Å². The number of hydrogen-bond donors (Lipinski definition) is 20. The fraction of sp³-hybridized carbons (Fsp3) is 0.452. The molecule has 416 valence electrons. The van der Waals surface area contributed by atoms with Gasteiger partial charge in [-0.3, -0.25) is 52.7 Å². The van der Waals surface area contributed by atoms with Crippen molar-refractivity contribution in [3.8, 4) is 5.75 Å². The molecule has 31 nitrogen and oxygen atoms in total. The van der Waals surface area contributed by atoms with Crippen LogP contribution in [0.3, 0.4) is 0 Å². The fourth-order valence-electron chi connectivity index (χ4n) is 3.67. The molecule has 0 saturated heterocycles. The van der Waals surface area contributed by atoms with E-state index in [2.05, 4.69) is 17.2 Å². The number of hydrogen-bond acceptors (Lipinski definition) is 20. The highest BCUT2D eigenvalue weighted by molar-refractivity contribution is 5.83. The number of primary amides is 2. The lowest BCUT2D eigenvalue weighted by molar-refractivity contribution is -0.141. The number of amides is 2. The molecule has 0 aliphatic carbocycles. The minimum Gasteiger partial charge on any atom is -0.508 e. The lowest BCUT2D eigenvalue weighted by atomic mass is 10.1. The summed E-state index contributed by atoms with van der Waals surface area (Å²) < 4.78 is 0. The molecule has 0 heterocycles. The van der Waals surface area contributed by atoms with E-state index >= 15 is 0 Å². The first kappa shape index (κ1) is 76.6. The van der Waals surface area contributed by atoms with Gasteiger partial charge in [-0.1, -0.05) is 56.3 Å². The summed E-state index contributed by atoms with van der Waals surface area (Å²) in [7, 11) is 0. The molecule has 0 aromatic heterocycles. The van der Waals surface area contributed by atoms with Crippen LogP contribution in [0.25, 0.3) is 0 Å². The summed E-state index contributed by atoms with van der Waals surface area (Å²) >= 11 is 0. The minimum atomic E-state index is -1.21. The first-order valence-electron chi connectivity index (χ1n) is 20.8. The van der Waals surface area contributed by atoms with Crippen LogP contribution in [0, 0.1) is 5.92 Å². The zero-order valence-electron chi connectivity index (χ0n) is 40.0. The lowest BCUT2D eigenvalue weighted by Crippen LogP contribution is -2.34. The highest BCUT2D eigenvalue weighted by Gasteiger charge is 2.15. The smallest absolute Gasteiger partial charge is 0.321 e. The quantitative estimate of drug-likeness (QED) is 0.0530. The maximum absolute atomic E-state index is 10.4. The molecular formula is C42H72N10O21. The van der Waals surface area contributed by atoms with Gasteiger partial charge in [-0.2, -0.15) is 0 Å². The highest BCUT2D eigenvalue weighted by Crippen LogP contribution is 2.11. The topological polar surface area (TPSA) is 650 Å². The Hall–Kier alpha value is -7.91. The van der Waals surface area contributed by atoms with E-state index in [1.165, 1.54) is 12.1 Å². The molecule has 0 fully saturated rings. The Bertz CT molecular complexity index is 1900. The van der Waals surface area contributed by atoms with Crippen molar-refractivity contribution < 1.29 is 104 Å². The largest absolute Gasteiger partial charge is 0.508 e. The molecule has 0 saturated carbocycles. The second-order valence-corrected chi connectivity index (χ2v) is 14.7. The Morgan fingerprint density at radius 2 is 0.740 bits per heavy atom. The predicted molar refractivity (Wildman–Crippen MR) is 258 cm³/mol. The molecule has 30 N–H and O–H groups in total. The number of carboxylic acid groups (broad SMARTS) is 9. The minimum absolute atomic E-state index is 0.0213. The third-order valence-electron chi connectivity index (χ3n) is 7.46. The van der Waals surface area contributed by atoms with Crippen molar-refractivity contribution in [2.75, 3.05) is 13.1 Å². The van der Waals surface area contributed by atoms with Crippen LogP contribution in [-0.4, -0.2) is 166 Å². The van der Waals surface area contributed by atoms with Gasteiger partial charge in [0.25, 0.3) is 0 Å². The van der Waals surface area contributed by atoms with E-state index in [0.717, 1.165) is 11.1 Å². The fourth-order valence-corrected chi connectivity index (χ4v) is 3.67. The summed E-state index contributed by atoms with van der Waals surface area (Å²) in [4.78, 5) is 109. The second-order valence-electron chi connectivity index (χ2n) is 14.7. The maximum atomic E-state index is 10.4. The van der Waals surface area contributed by atoms with Gasteiger partial charge in [-0.25, -0.2) is 0 Å². The van der Waals surface area contributed by atoms with Gasteiger partial charge in [-0.05, 0) is 61.3 Å². The molecule has 0 aliphatic rings. The number of carbonyl (C=O) groups excluding carboxylic acids is 2. The first-order chi connectivity index (χ1) is 33.5. The van der Waals surface area contributed by atoms with E-state index in [1.807, 2.05) is 44.2 Å². The summed E-state index contributed by atoms with van der Waals surface area (Å²) in [5.74, 6) is -10.1. The average molecular weight is 1050 g/mol. The molecule has 2 rings (SSSR count). The van der Waals surface area contributed by atoms with Crippen molar-refractivity contribution >= 4 is 65.5 Å². The maximum Gasteiger partial charge on any atom is 0.321 e. The third kappa shape index (κ3) is 60.2. The summed E-state index contributed by atoms with van der Waals surface area (Å²) in [6.07, 6.45) is 0.798. The van der Waals surface area contributed by atoms with E-state index in [9.17, 15) is 52.7 Å². The summed E-state index contributed by atoms with van der Waals surface area (Å²) in [6.45, 7) is 3.34. The molecule has 73 heavy (non-hydrogen) atoms. The molecule has 0 aliphatic heterocycles. The summed E-state index contributed by atoms with van der Waals surface area (Å²) in [5, 5.41) is 82.1. The molecule has 0 unspecified atom stereocenters. The van der Waals surface area contributed by atoms with Gasteiger partial charge in [0.2, 0.25) is 11.8 Å². The molecule has 0 radical (unpaired) electrons. The Morgan fingerprint density at radius 1 is 0.425 bits per heavy atom. The third-order valence-corrected chi connectivity index (χ3v) is 7.46. The van der Waals surface area contributed by atoms with Crippen LogP contribution in [0.15, 0.2) is 54.6 Å². The number of aliphatic carboxylic acids is 9. The molecule has 2 amide bonds. The van der Waals surface area contributed by atoms with Gasteiger partial charge in [0.15, 0.2) is 0 Å². The van der Waals surface area contributed by atoms with E-state index in [1.54, 1.807) is 12.1 Å². The monoisotopic (exact) mass is 1050 g/mol. The van der Waals surface area contributed by atoms with Crippen molar-refractivity contribution in [3.63, 3.8) is 0 Å². The molecule has 0 bridgehead atoms. The number of phenols is 1. The zero-order chi connectivity index (χ0) is 58.6. The highest BCUT2D eigenvalue weighted by atomic mass is 16.4. The van der Waals surface area contributed by atoms with Crippen LogP contribution in [0.5, 0.6) is 5.75 Å². The van der Waals surface area contributed by atoms with E-state index in [0.29, 0.717) is 18.8 Å². The van der Waals surface area contributed by atoms with Gasteiger partial charge < -0.3 is 108 Å². The SMILES string of the molecule is CC(C)C[C@H](N)C(=O)O.NC(=O)CC[C@H](N)C(=O)O.NC(=O)C[C@H](N)C(=O)O.NCC(=O)O.NCC(=O)O.N[C@@H](CCC(=O)O)C(=O)O.N[C@@H](Cc1ccc(O)cc1)C(=O)O.N[C@@H](Cc1ccccc1)C(=O)O. The second kappa shape index (κ2) is 46.5. The van der Waals surface area contributed by atoms with E-state index < -0.39 is 102 Å². The molecule has 2 aromatic rings. The van der Waals surface area contributed by atoms with Crippen LogP contribution in [0.1, 0.15) is 63.5 Å². The number of rotatable bonds is 22. The number of carbonyl (C=O) groups is 11. The predicted octanol–water partition coefficient (Wildman–Crippen LogP) is -4.31. The van der Waals surface area contributed by atoms with Crippen molar-refractivity contribution in [1.29, 1.82) is 0 Å². The number of phenolic OH excluding ortho intramolecular Hbond substituents is 1. The first-order valence-corrected chi connectivity index (χ1v) is 20.8. The van der Waals surface area contributed by atoms with Gasteiger partial charge in [0.1, 0.15) is 42.0 Å². The lowest BCUT2D eigenvalue weighted by Gasteiger charge is -2.07. The van der Waals surface area contributed by atoms with Gasteiger partial charge in [0, 0.05) is 12.8 Å². The summed E-state index contributed by atoms with van der Waals surface area (Å²) in [5.41, 5.74) is 51.2. The van der Waals surface area contributed by atoms with Crippen molar-refractivity contribution in [2.24, 2.45) is 63.3 Å². The van der Waals surface area contributed by atoms with Crippen LogP contribution in [0.4, 0.5) is 0 Å². The van der Waals surface area contributed by atoms with Crippen LogP contribution in [-0.2, 0) is 65.6 Å². The van der Waals surface area contributed by atoms with Crippen LogP contribution >= 0.6 is 0 Å². The normalized spacial score (nSPS) is 11.9. The molecule has 6 atom stereocenters. The van der Waals surface area contributed by atoms with Crippen LogP contribution < -0.4 is 57.3 Å². The van der Waals surface area contributed by atoms with Crippen LogP contribution in [0.2, 0.25) is 0 Å². The van der Waals surface area contributed by atoms with E-state index in [-0.39, 0.29) is 57.4 Å².